The van der Waals surface area contributed by atoms with Gasteiger partial charge in [0.25, 0.3) is 30.4 Å². The molecule has 0 atom stereocenters. The maximum atomic E-state index is 12.4. The van der Waals surface area contributed by atoms with E-state index in [2.05, 4.69) is 46.2 Å². The Morgan fingerprint density at radius 3 is 1.65 bits per heavy atom. The van der Waals surface area contributed by atoms with Crippen LogP contribution in [0.1, 0.15) is 10.4 Å². The van der Waals surface area contributed by atoms with Gasteiger partial charge in [-0.25, -0.2) is 4.79 Å². The summed E-state index contributed by atoms with van der Waals surface area (Å²) in [6, 6.07) is 22.1. The molecule has 0 aliphatic rings. The smallest absolute Gasteiger partial charge is 0.339 e. The van der Waals surface area contributed by atoms with Crippen LogP contribution in [0.25, 0.3) is 10.8 Å². The Labute approximate surface area is 387 Å². The quantitative estimate of drug-likeness (QED) is 0.0357. The van der Waals surface area contributed by atoms with Crippen molar-refractivity contribution in [1.82, 2.24) is 0 Å². The SMILES string of the molecule is O=C(O)c1cc(N=Nc2ccc(Nc3ccc(N=Nc4cc(N=Nc5cc(S(=O)(=O)O)cc6cc(S(=O)(=O)O)c(N=Nc7ccccc7O)c(O)c56)c(O)cc4O)cc3)c(S(=O)(=O)O)c2)ccc1O. The highest BCUT2D eigenvalue weighted by atomic mass is 32.2. The lowest BCUT2D eigenvalue weighted by molar-refractivity contribution is 0.0693. The van der Waals surface area contributed by atoms with E-state index in [9.17, 15) is 74.3 Å². The molecule has 7 aromatic carbocycles. The summed E-state index contributed by atoms with van der Waals surface area (Å²) in [5.74, 6) is -4.67. The lowest BCUT2D eigenvalue weighted by Crippen LogP contribution is -2.03. The zero-order valence-electron chi connectivity index (χ0n) is 34.2. The molecule has 7 rings (SSSR count). The minimum Gasteiger partial charge on any atom is -0.507 e. The van der Waals surface area contributed by atoms with Crippen molar-refractivity contribution in [2.24, 2.45) is 40.9 Å². The number of phenols is 5. The molecule has 0 aliphatic heterocycles. The van der Waals surface area contributed by atoms with Gasteiger partial charge < -0.3 is 36.0 Å². The van der Waals surface area contributed by atoms with Gasteiger partial charge in [0.15, 0.2) is 5.75 Å². The molecule has 0 bridgehead atoms. The largest absolute Gasteiger partial charge is 0.507 e. The first-order valence-electron chi connectivity index (χ1n) is 18.8. The van der Waals surface area contributed by atoms with Gasteiger partial charge in [-0.2, -0.15) is 40.6 Å². The number of carboxylic acid groups (broad SMARTS) is 1. The first-order chi connectivity index (χ1) is 32.5. The minimum atomic E-state index is -5.22. The molecule has 28 heteroatoms. The van der Waals surface area contributed by atoms with Gasteiger partial charge in [0.1, 0.15) is 61.1 Å². The molecule has 69 heavy (non-hydrogen) atoms. The van der Waals surface area contributed by atoms with Crippen LogP contribution < -0.4 is 5.32 Å². The number of phenolic OH excluding ortho intramolecular Hbond substituents is 4. The van der Waals surface area contributed by atoms with Crippen molar-refractivity contribution in [3.63, 3.8) is 0 Å². The zero-order valence-corrected chi connectivity index (χ0v) is 36.6. The van der Waals surface area contributed by atoms with Gasteiger partial charge in [-0.15, -0.1) is 25.6 Å². The molecule has 352 valence electrons. The Balaban J connectivity index is 1.16. The Bertz CT molecular complexity index is 3720. The van der Waals surface area contributed by atoms with E-state index in [0.717, 1.165) is 42.5 Å². The summed E-state index contributed by atoms with van der Waals surface area (Å²) >= 11 is 0. The van der Waals surface area contributed by atoms with Gasteiger partial charge in [-0.05, 0) is 96.4 Å². The molecule has 0 aromatic heterocycles. The van der Waals surface area contributed by atoms with Crippen LogP contribution in [-0.2, 0) is 30.4 Å². The van der Waals surface area contributed by atoms with E-state index in [1.807, 2.05) is 0 Å². The number of anilines is 2. The number of nitrogens with zero attached hydrogens (tertiary/aromatic N) is 8. The van der Waals surface area contributed by atoms with Crippen LogP contribution >= 0.6 is 0 Å². The maximum Gasteiger partial charge on any atom is 0.339 e. The number of carbonyl (C=O) groups is 1. The Morgan fingerprint density at radius 1 is 0.464 bits per heavy atom. The van der Waals surface area contributed by atoms with E-state index >= 15 is 0 Å². The fourth-order valence-corrected chi connectivity index (χ4v) is 7.94. The van der Waals surface area contributed by atoms with Crippen LogP contribution in [0.4, 0.5) is 56.9 Å². The van der Waals surface area contributed by atoms with Crippen molar-refractivity contribution in [3.05, 3.63) is 121 Å². The molecule has 0 radical (unpaired) electrons. The number of rotatable bonds is 14. The molecule has 0 saturated heterocycles. The molecule has 0 fully saturated rings. The van der Waals surface area contributed by atoms with Gasteiger partial charge in [0.2, 0.25) is 0 Å². The summed E-state index contributed by atoms with van der Waals surface area (Å²) in [7, 11) is -15.1. The van der Waals surface area contributed by atoms with Crippen LogP contribution in [0.3, 0.4) is 0 Å². The average Bonchev–Trinajstić information content (AvgIpc) is 3.27. The van der Waals surface area contributed by atoms with E-state index < -0.39 is 113 Å². The van der Waals surface area contributed by atoms with E-state index in [0.29, 0.717) is 6.07 Å². The van der Waals surface area contributed by atoms with E-state index in [1.54, 1.807) is 0 Å². The Morgan fingerprint density at radius 2 is 1.03 bits per heavy atom. The zero-order chi connectivity index (χ0) is 50.0. The number of benzene rings is 7. The molecule has 0 spiro atoms. The average molecular weight is 1000 g/mol. The third kappa shape index (κ3) is 11.1. The number of hydrogen-bond acceptors (Lipinski definition) is 21. The first kappa shape index (κ1) is 48.1. The van der Waals surface area contributed by atoms with Crippen LogP contribution in [0.15, 0.2) is 171 Å². The molecule has 25 nitrogen and oxygen atoms in total. The van der Waals surface area contributed by atoms with Gasteiger partial charge in [0, 0.05) is 17.8 Å². The third-order valence-electron chi connectivity index (χ3n) is 9.31. The standard InChI is InChI=1S/C41H29N9O16S3/c51-32-12-10-23(15-26(32)41(56)57)44-45-24-9-11-28(36(16-24)68(61,62)63)42-21-5-7-22(8-6-21)43-47-29-18-30(35(54)19-34(29)53)48-49-31-17-25(67(58,59)60)13-20-14-37(69(64,65)66)39(40(55)38(20)31)50-46-27-3-1-2-4-33(27)52/h1-19,42,51-55H,(H,56,57)(H,58,59,60)(H,61,62,63)(H,64,65,66). The summed E-state index contributed by atoms with van der Waals surface area (Å²) in [5, 5.41) is 94.5. The molecule has 0 saturated carbocycles. The number of aromatic carboxylic acids is 1. The number of hydrogen-bond donors (Lipinski definition) is 10. The normalized spacial score (nSPS) is 12.5. The van der Waals surface area contributed by atoms with Gasteiger partial charge in [0.05, 0.1) is 38.7 Å². The lowest BCUT2D eigenvalue weighted by atomic mass is 10.1. The highest BCUT2D eigenvalue weighted by Gasteiger charge is 2.26. The Kier molecular flexibility index (Phi) is 13.1. The third-order valence-corrected chi connectivity index (χ3v) is 11.9. The van der Waals surface area contributed by atoms with Gasteiger partial charge >= 0.3 is 5.97 Å². The minimum absolute atomic E-state index is 0.0218. The molecular weight excluding hydrogens is 971 g/mol. The summed E-state index contributed by atoms with van der Waals surface area (Å²) in [4.78, 5) is 8.78. The van der Waals surface area contributed by atoms with Crippen LogP contribution in [0.5, 0.6) is 28.7 Å². The first-order valence-corrected chi connectivity index (χ1v) is 23.1. The number of azo groups is 4. The van der Waals surface area contributed by atoms with Crippen molar-refractivity contribution < 1.29 is 74.3 Å². The predicted molar refractivity (Wildman–Crippen MR) is 241 cm³/mol. The van der Waals surface area contributed by atoms with E-state index in [4.69, 9.17) is 0 Å². The highest BCUT2D eigenvalue weighted by molar-refractivity contribution is 7.86. The molecule has 10 N–H and O–H groups in total. The Hall–Kier alpha value is -8.80. The molecule has 7 aromatic rings. The molecule has 0 amide bonds. The number of aromatic hydroxyl groups is 5. The van der Waals surface area contributed by atoms with Gasteiger partial charge in [-0.3, -0.25) is 13.7 Å². The van der Waals surface area contributed by atoms with Gasteiger partial charge in [-0.1, -0.05) is 12.1 Å². The van der Waals surface area contributed by atoms with Crippen LogP contribution in [0.2, 0.25) is 0 Å². The highest BCUT2D eigenvalue weighted by Crippen LogP contribution is 2.47. The number of nitrogens with one attached hydrogen (secondary N) is 1. The molecular formula is C41H29N9O16S3. The van der Waals surface area contributed by atoms with Crippen LogP contribution in [-0.4, -0.2) is 75.5 Å². The molecule has 0 unspecified atom stereocenters. The van der Waals surface area contributed by atoms with E-state index in [-0.39, 0.29) is 39.8 Å². The number of carboxylic acids is 1. The second kappa shape index (κ2) is 18.8. The van der Waals surface area contributed by atoms with Crippen molar-refractivity contribution in [1.29, 1.82) is 0 Å². The van der Waals surface area contributed by atoms with Crippen molar-refractivity contribution >= 4 is 104 Å². The monoisotopic (exact) mass is 999 g/mol. The van der Waals surface area contributed by atoms with Crippen molar-refractivity contribution in [2.45, 2.75) is 14.7 Å². The van der Waals surface area contributed by atoms with E-state index in [1.165, 1.54) is 66.7 Å². The van der Waals surface area contributed by atoms with Crippen molar-refractivity contribution in [2.75, 3.05) is 5.32 Å². The summed E-state index contributed by atoms with van der Waals surface area (Å²) < 4.78 is 104. The topological polar surface area (TPSA) is 412 Å². The fraction of sp³-hybridized carbons (Fsp3) is 0. The predicted octanol–water partition coefficient (Wildman–Crippen LogP) is 10.2. The fourth-order valence-electron chi connectivity index (χ4n) is 6.08. The summed E-state index contributed by atoms with van der Waals surface area (Å²) in [5.41, 5.74) is -2.50. The van der Waals surface area contributed by atoms with Crippen molar-refractivity contribution in [3.8, 4) is 28.7 Å². The number of fused-ring (bicyclic) bond motifs is 1. The second-order valence-corrected chi connectivity index (χ2v) is 18.2. The lowest BCUT2D eigenvalue weighted by Gasteiger charge is -2.12. The second-order valence-electron chi connectivity index (χ2n) is 14.0. The molecule has 0 heterocycles. The summed E-state index contributed by atoms with van der Waals surface area (Å²) in [6.45, 7) is 0. The number of para-hydroxylation sites is 1. The van der Waals surface area contributed by atoms with Crippen LogP contribution in [0, 0.1) is 0 Å². The summed E-state index contributed by atoms with van der Waals surface area (Å²) in [6.07, 6.45) is 0. The maximum absolute atomic E-state index is 12.4. The molecule has 0 aliphatic carbocycles.